The summed E-state index contributed by atoms with van der Waals surface area (Å²) < 4.78 is 4.88. The Morgan fingerprint density at radius 1 is 1.44 bits per heavy atom. The van der Waals surface area contributed by atoms with Gasteiger partial charge in [-0.2, -0.15) is 5.10 Å². The van der Waals surface area contributed by atoms with E-state index in [0.717, 1.165) is 0 Å². The summed E-state index contributed by atoms with van der Waals surface area (Å²) >= 11 is 5.76. The van der Waals surface area contributed by atoms with Gasteiger partial charge < -0.3 is 9.52 Å². The van der Waals surface area contributed by atoms with Crippen LogP contribution in [0.3, 0.4) is 0 Å². The number of phenolic OH excluding ortho intramolecular Hbond substituents is 1. The second-order valence-corrected chi connectivity index (χ2v) is 3.82. The lowest BCUT2D eigenvalue weighted by molar-refractivity contribution is 0.0927. The molecule has 0 fully saturated rings. The van der Waals surface area contributed by atoms with Crippen LogP contribution in [-0.4, -0.2) is 17.2 Å². The molecule has 0 atom stereocenters. The number of carbonyl (C=O) groups is 1. The second-order valence-electron chi connectivity index (χ2n) is 3.38. The van der Waals surface area contributed by atoms with Gasteiger partial charge in [-0.1, -0.05) is 11.6 Å². The van der Waals surface area contributed by atoms with E-state index < -0.39 is 5.91 Å². The van der Waals surface area contributed by atoms with Crippen LogP contribution in [0.15, 0.2) is 46.1 Å². The molecule has 18 heavy (non-hydrogen) atoms. The zero-order valence-corrected chi connectivity index (χ0v) is 9.89. The van der Waals surface area contributed by atoms with E-state index in [-0.39, 0.29) is 11.5 Å². The molecule has 1 aromatic heterocycles. The molecule has 0 saturated heterocycles. The van der Waals surface area contributed by atoms with Crippen LogP contribution in [0.1, 0.15) is 16.1 Å². The standard InChI is InChI=1S/C12H9ClN2O3/c13-9-3-4-10(16)8(6-9)7-14-15-12(17)11-2-1-5-18-11/h1-7,16H,(H,15,17). The number of amides is 1. The quantitative estimate of drug-likeness (QED) is 0.660. The van der Waals surface area contributed by atoms with Crippen LogP contribution in [0.5, 0.6) is 5.75 Å². The van der Waals surface area contributed by atoms with Crippen molar-refractivity contribution in [3.63, 3.8) is 0 Å². The smallest absolute Gasteiger partial charge is 0.307 e. The molecule has 2 aromatic rings. The fourth-order valence-corrected chi connectivity index (χ4v) is 1.43. The van der Waals surface area contributed by atoms with Crippen molar-refractivity contribution in [1.29, 1.82) is 0 Å². The highest BCUT2D eigenvalue weighted by atomic mass is 35.5. The lowest BCUT2D eigenvalue weighted by Crippen LogP contribution is -2.16. The zero-order chi connectivity index (χ0) is 13.0. The second kappa shape index (κ2) is 5.37. The predicted molar refractivity (Wildman–Crippen MR) is 66.9 cm³/mol. The number of rotatable bonds is 3. The normalized spacial score (nSPS) is 10.7. The number of hydrogen-bond donors (Lipinski definition) is 2. The van der Waals surface area contributed by atoms with E-state index in [0.29, 0.717) is 10.6 Å². The molecule has 0 aliphatic carbocycles. The Morgan fingerprint density at radius 2 is 2.28 bits per heavy atom. The van der Waals surface area contributed by atoms with E-state index in [2.05, 4.69) is 10.5 Å². The van der Waals surface area contributed by atoms with Crippen LogP contribution in [-0.2, 0) is 0 Å². The average molecular weight is 265 g/mol. The van der Waals surface area contributed by atoms with Crippen molar-refractivity contribution < 1.29 is 14.3 Å². The number of phenols is 1. The van der Waals surface area contributed by atoms with E-state index in [9.17, 15) is 9.90 Å². The van der Waals surface area contributed by atoms with E-state index in [1.165, 1.54) is 30.7 Å². The predicted octanol–water partition coefficient (Wildman–Crippen LogP) is 2.40. The average Bonchev–Trinajstić information content (AvgIpc) is 2.87. The van der Waals surface area contributed by atoms with Crippen molar-refractivity contribution in [2.24, 2.45) is 5.10 Å². The number of hydrogen-bond acceptors (Lipinski definition) is 4. The number of hydrazone groups is 1. The van der Waals surface area contributed by atoms with Crippen molar-refractivity contribution in [3.8, 4) is 5.75 Å². The Morgan fingerprint density at radius 3 is 3.00 bits per heavy atom. The van der Waals surface area contributed by atoms with Crippen molar-refractivity contribution in [3.05, 3.63) is 52.9 Å². The molecule has 2 rings (SSSR count). The summed E-state index contributed by atoms with van der Waals surface area (Å²) in [6.07, 6.45) is 2.68. The van der Waals surface area contributed by atoms with E-state index in [4.69, 9.17) is 16.0 Å². The van der Waals surface area contributed by atoms with E-state index >= 15 is 0 Å². The minimum absolute atomic E-state index is 0.0235. The molecule has 0 unspecified atom stereocenters. The Bertz CT molecular complexity index is 579. The van der Waals surface area contributed by atoms with Gasteiger partial charge in [-0.15, -0.1) is 0 Å². The van der Waals surface area contributed by atoms with Gasteiger partial charge in [0, 0.05) is 10.6 Å². The van der Waals surface area contributed by atoms with Crippen LogP contribution in [0.4, 0.5) is 0 Å². The largest absolute Gasteiger partial charge is 0.507 e. The first-order valence-electron chi connectivity index (χ1n) is 5.02. The molecular formula is C12H9ClN2O3. The summed E-state index contributed by atoms with van der Waals surface area (Å²) in [6, 6.07) is 7.64. The van der Waals surface area contributed by atoms with Gasteiger partial charge in [-0.25, -0.2) is 5.43 Å². The third-order valence-corrected chi connectivity index (χ3v) is 2.34. The molecule has 1 amide bonds. The van der Waals surface area contributed by atoms with Crippen LogP contribution < -0.4 is 5.43 Å². The number of aromatic hydroxyl groups is 1. The highest BCUT2D eigenvalue weighted by Gasteiger charge is 2.06. The number of nitrogens with zero attached hydrogens (tertiary/aromatic N) is 1. The zero-order valence-electron chi connectivity index (χ0n) is 9.13. The number of carbonyl (C=O) groups excluding carboxylic acids is 1. The lowest BCUT2D eigenvalue weighted by atomic mass is 10.2. The molecule has 0 spiro atoms. The monoisotopic (exact) mass is 264 g/mol. The van der Waals surface area contributed by atoms with Gasteiger partial charge in [0.15, 0.2) is 5.76 Å². The van der Waals surface area contributed by atoms with E-state index in [1.807, 2.05) is 0 Å². The van der Waals surface area contributed by atoms with Gasteiger partial charge in [0.2, 0.25) is 0 Å². The van der Waals surface area contributed by atoms with Crippen LogP contribution in [0.25, 0.3) is 0 Å². The minimum Gasteiger partial charge on any atom is -0.507 e. The molecule has 0 bridgehead atoms. The highest BCUT2D eigenvalue weighted by Crippen LogP contribution is 2.19. The Balaban J connectivity index is 2.03. The first kappa shape index (κ1) is 12.2. The maximum Gasteiger partial charge on any atom is 0.307 e. The summed E-state index contributed by atoms with van der Waals surface area (Å²) in [5, 5.41) is 13.7. The highest BCUT2D eigenvalue weighted by molar-refractivity contribution is 6.30. The number of halogens is 1. The molecule has 1 heterocycles. The maximum atomic E-state index is 11.4. The molecule has 6 heteroatoms. The first-order chi connectivity index (χ1) is 8.66. The molecule has 0 radical (unpaired) electrons. The van der Waals surface area contributed by atoms with Gasteiger partial charge in [-0.05, 0) is 30.3 Å². The van der Waals surface area contributed by atoms with Crippen molar-refractivity contribution in [2.45, 2.75) is 0 Å². The SMILES string of the molecule is O=C(NN=Cc1cc(Cl)ccc1O)c1ccco1. The molecule has 2 N–H and O–H groups in total. The maximum absolute atomic E-state index is 11.4. The third-order valence-electron chi connectivity index (χ3n) is 2.10. The summed E-state index contributed by atoms with van der Waals surface area (Å²) in [5.41, 5.74) is 2.67. The molecular weight excluding hydrogens is 256 g/mol. The van der Waals surface area contributed by atoms with Gasteiger partial charge in [0.05, 0.1) is 12.5 Å². The molecule has 1 aromatic carbocycles. The molecule has 0 saturated carbocycles. The van der Waals surface area contributed by atoms with Crippen LogP contribution in [0.2, 0.25) is 5.02 Å². The summed E-state index contributed by atoms with van der Waals surface area (Å²) in [4.78, 5) is 11.4. The van der Waals surface area contributed by atoms with E-state index in [1.54, 1.807) is 12.1 Å². The van der Waals surface area contributed by atoms with Crippen molar-refractivity contribution in [2.75, 3.05) is 0 Å². The van der Waals surface area contributed by atoms with Gasteiger partial charge in [0.1, 0.15) is 5.75 Å². The number of furan rings is 1. The summed E-state index contributed by atoms with van der Waals surface area (Å²) in [7, 11) is 0. The topological polar surface area (TPSA) is 74.8 Å². The molecule has 92 valence electrons. The van der Waals surface area contributed by atoms with Gasteiger partial charge in [0.25, 0.3) is 0 Å². The Kier molecular flexibility index (Phi) is 3.64. The number of nitrogens with one attached hydrogen (secondary N) is 1. The van der Waals surface area contributed by atoms with Crippen LogP contribution in [0, 0.1) is 0 Å². The summed E-state index contributed by atoms with van der Waals surface area (Å²) in [5.74, 6) is -0.296. The Labute approximate surface area is 108 Å². The fourth-order valence-electron chi connectivity index (χ4n) is 1.25. The van der Waals surface area contributed by atoms with Crippen molar-refractivity contribution >= 4 is 23.7 Å². The molecule has 0 aliphatic rings. The van der Waals surface area contributed by atoms with Gasteiger partial charge in [-0.3, -0.25) is 4.79 Å². The van der Waals surface area contributed by atoms with Crippen LogP contribution >= 0.6 is 11.6 Å². The third kappa shape index (κ3) is 2.89. The molecule has 0 aliphatic heterocycles. The fraction of sp³-hybridized carbons (Fsp3) is 0. The Hall–Kier alpha value is -2.27. The minimum atomic E-state index is -0.474. The number of benzene rings is 1. The first-order valence-corrected chi connectivity index (χ1v) is 5.40. The lowest BCUT2D eigenvalue weighted by Gasteiger charge is -1.99. The summed E-state index contributed by atoms with van der Waals surface area (Å²) in [6.45, 7) is 0. The molecule has 5 nitrogen and oxygen atoms in total. The van der Waals surface area contributed by atoms with Gasteiger partial charge >= 0.3 is 5.91 Å². The van der Waals surface area contributed by atoms with Crippen molar-refractivity contribution in [1.82, 2.24) is 5.43 Å².